The van der Waals surface area contributed by atoms with Gasteiger partial charge in [-0.2, -0.15) is 0 Å². The number of nitrogens with two attached hydrogens (primary N) is 1. The Hall–Kier alpha value is -1.24. The van der Waals surface area contributed by atoms with Crippen LogP contribution in [-0.2, 0) is 10.3 Å². The number of carbonyl (C=O) groups excluding carboxylic acids is 1. The van der Waals surface area contributed by atoms with Crippen LogP contribution in [0.4, 0.5) is 0 Å². The smallest absolute Gasteiger partial charge is 0.244 e. The minimum Gasteiger partial charge on any atom is -0.345 e. The van der Waals surface area contributed by atoms with E-state index < -0.39 is 5.54 Å². The number of hydrogen-bond acceptors (Lipinski definition) is 4. The number of carbonyl (C=O) groups is 1. The van der Waals surface area contributed by atoms with Gasteiger partial charge in [0.05, 0.1) is 6.04 Å². The van der Waals surface area contributed by atoms with Gasteiger partial charge in [-0.15, -0.1) is 11.3 Å². The second kappa shape index (κ2) is 6.68. The van der Waals surface area contributed by atoms with E-state index in [1.54, 1.807) is 13.1 Å². The third-order valence-electron chi connectivity index (χ3n) is 3.38. The molecule has 3 N–H and O–H groups in total. The van der Waals surface area contributed by atoms with E-state index in [9.17, 15) is 4.79 Å². The largest absolute Gasteiger partial charge is 0.345 e. The number of benzene rings is 1. The Bertz CT molecular complexity index is 596. The van der Waals surface area contributed by atoms with Gasteiger partial charge in [0, 0.05) is 16.0 Å². The number of amides is 1. The molecule has 0 aliphatic rings. The first-order valence-corrected chi connectivity index (χ1v) is 8.37. The Morgan fingerprint density at radius 3 is 2.67 bits per heavy atom. The molecule has 1 aromatic carbocycles. The molecular formula is C15H18BrN3OS. The number of rotatable bonds is 5. The zero-order valence-corrected chi connectivity index (χ0v) is 14.4. The van der Waals surface area contributed by atoms with Crippen LogP contribution in [0.5, 0.6) is 0 Å². The summed E-state index contributed by atoms with van der Waals surface area (Å²) in [4.78, 5) is 16.8. The maximum absolute atomic E-state index is 12.5. The van der Waals surface area contributed by atoms with E-state index in [0.717, 1.165) is 21.5 Å². The highest BCUT2D eigenvalue weighted by molar-refractivity contribution is 9.10. The predicted molar refractivity (Wildman–Crippen MR) is 89.0 cm³/mol. The summed E-state index contributed by atoms with van der Waals surface area (Å²) in [7, 11) is 0. The lowest BCUT2D eigenvalue weighted by Gasteiger charge is -2.26. The van der Waals surface area contributed by atoms with Gasteiger partial charge in [-0.1, -0.05) is 35.0 Å². The number of nitrogens with zero attached hydrogens (tertiary/aromatic N) is 1. The number of aromatic nitrogens is 1. The van der Waals surface area contributed by atoms with Crippen molar-refractivity contribution in [3.63, 3.8) is 0 Å². The molecule has 4 nitrogen and oxygen atoms in total. The molecule has 1 aromatic heterocycles. The van der Waals surface area contributed by atoms with Crippen LogP contribution in [0.2, 0.25) is 0 Å². The van der Waals surface area contributed by atoms with Crippen LogP contribution in [0.3, 0.4) is 0 Å². The van der Waals surface area contributed by atoms with Gasteiger partial charge in [-0.25, -0.2) is 4.98 Å². The molecule has 2 aromatic rings. The first-order chi connectivity index (χ1) is 9.95. The van der Waals surface area contributed by atoms with Gasteiger partial charge in [-0.05, 0) is 31.0 Å². The summed E-state index contributed by atoms with van der Waals surface area (Å²) >= 11 is 4.91. The van der Waals surface area contributed by atoms with Crippen LogP contribution in [0.15, 0.2) is 40.3 Å². The van der Waals surface area contributed by atoms with Crippen LogP contribution in [0.25, 0.3) is 0 Å². The van der Waals surface area contributed by atoms with E-state index in [0.29, 0.717) is 0 Å². The molecule has 0 saturated heterocycles. The molecule has 1 amide bonds. The molecule has 2 atom stereocenters. The van der Waals surface area contributed by atoms with E-state index >= 15 is 0 Å². The van der Waals surface area contributed by atoms with Gasteiger partial charge in [-0.3, -0.25) is 4.79 Å². The third-order valence-corrected chi connectivity index (χ3v) is 4.80. The van der Waals surface area contributed by atoms with Crippen molar-refractivity contribution in [3.8, 4) is 0 Å². The molecule has 0 spiro atoms. The Balaban J connectivity index is 2.16. The SMILES string of the molecule is CCC(NC(=O)C(C)(N)c1ccc(Br)cc1)c1nccs1. The van der Waals surface area contributed by atoms with E-state index in [1.807, 2.05) is 36.6 Å². The number of hydrogen-bond donors (Lipinski definition) is 2. The Morgan fingerprint density at radius 1 is 1.48 bits per heavy atom. The van der Waals surface area contributed by atoms with Crippen molar-refractivity contribution in [2.24, 2.45) is 5.73 Å². The van der Waals surface area contributed by atoms with E-state index in [1.165, 1.54) is 11.3 Å². The van der Waals surface area contributed by atoms with Gasteiger partial charge < -0.3 is 11.1 Å². The summed E-state index contributed by atoms with van der Waals surface area (Å²) in [5.74, 6) is -0.202. The first-order valence-electron chi connectivity index (χ1n) is 6.70. The van der Waals surface area contributed by atoms with E-state index in [2.05, 4.69) is 26.2 Å². The summed E-state index contributed by atoms with van der Waals surface area (Å²) in [5, 5.41) is 5.80. The third kappa shape index (κ3) is 3.70. The second-order valence-corrected chi connectivity index (χ2v) is 6.86. The van der Waals surface area contributed by atoms with Gasteiger partial charge in [0.2, 0.25) is 5.91 Å². The molecule has 0 aliphatic carbocycles. The molecule has 2 rings (SSSR count). The Morgan fingerprint density at radius 2 is 2.14 bits per heavy atom. The molecular weight excluding hydrogens is 350 g/mol. The first kappa shape index (κ1) is 16.1. The fraction of sp³-hybridized carbons (Fsp3) is 0.333. The molecule has 1 heterocycles. The summed E-state index contributed by atoms with van der Waals surface area (Å²) in [6.07, 6.45) is 2.51. The fourth-order valence-electron chi connectivity index (χ4n) is 1.98. The van der Waals surface area contributed by atoms with Gasteiger partial charge in [0.25, 0.3) is 0 Å². The monoisotopic (exact) mass is 367 g/mol. The number of halogens is 1. The Kier molecular flexibility index (Phi) is 5.13. The quantitative estimate of drug-likeness (QED) is 0.851. The van der Waals surface area contributed by atoms with Crippen LogP contribution in [0.1, 0.15) is 36.9 Å². The van der Waals surface area contributed by atoms with Crippen LogP contribution >= 0.6 is 27.3 Å². The van der Waals surface area contributed by atoms with Gasteiger partial charge in [0.1, 0.15) is 10.5 Å². The lowest BCUT2D eigenvalue weighted by molar-refractivity contribution is -0.126. The van der Waals surface area contributed by atoms with E-state index in [4.69, 9.17) is 5.73 Å². The zero-order valence-electron chi connectivity index (χ0n) is 12.0. The Labute approximate surface area is 136 Å². The minimum atomic E-state index is -1.08. The standard InChI is InChI=1S/C15H18BrN3OS/c1-3-12(13-18-8-9-21-13)19-14(20)15(2,17)10-4-6-11(16)7-5-10/h4-9,12H,3,17H2,1-2H3,(H,19,20). The van der Waals surface area contributed by atoms with Crippen molar-refractivity contribution in [3.05, 3.63) is 50.9 Å². The van der Waals surface area contributed by atoms with Crippen LogP contribution in [0, 0.1) is 0 Å². The number of thiazole rings is 1. The minimum absolute atomic E-state index is 0.101. The number of nitrogens with one attached hydrogen (secondary N) is 1. The average molecular weight is 368 g/mol. The second-order valence-electron chi connectivity index (χ2n) is 5.01. The predicted octanol–water partition coefficient (Wildman–Crippen LogP) is 3.35. The highest BCUT2D eigenvalue weighted by Gasteiger charge is 2.32. The van der Waals surface area contributed by atoms with E-state index in [-0.39, 0.29) is 11.9 Å². The summed E-state index contributed by atoms with van der Waals surface area (Å²) < 4.78 is 0.955. The molecule has 21 heavy (non-hydrogen) atoms. The highest BCUT2D eigenvalue weighted by Crippen LogP contribution is 2.24. The maximum Gasteiger partial charge on any atom is 0.244 e. The van der Waals surface area contributed by atoms with Crippen molar-refractivity contribution in [1.29, 1.82) is 0 Å². The van der Waals surface area contributed by atoms with Gasteiger partial charge >= 0.3 is 0 Å². The van der Waals surface area contributed by atoms with Gasteiger partial charge in [0.15, 0.2) is 0 Å². The van der Waals surface area contributed by atoms with Crippen molar-refractivity contribution in [2.75, 3.05) is 0 Å². The maximum atomic E-state index is 12.5. The molecule has 6 heteroatoms. The van der Waals surface area contributed by atoms with Crippen molar-refractivity contribution >= 4 is 33.2 Å². The topological polar surface area (TPSA) is 68.0 Å². The molecule has 0 bridgehead atoms. The van der Waals surface area contributed by atoms with Crippen molar-refractivity contribution < 1.29 is 4.79 Å². The average Bonchev–Trinajstić information content (AvgIpc) is 2.98. The van der Waals surface area contributed by atoms with Crippen LogP contribution < -0.4 is 11.1 Å². The molecule has 112 valence electrons. The molecule has 2 unspecified atom stereocenters. The van der Waals surface area contributed by atoms with Crippen LogP contribution in [-0.4, -0.2) is 10.9 Å². The summed E-state index contributed by atoms with van der Waals surface area (Å²) in [5.41, 5.74) is 5.94. The highest BCUT2D eigenvalue weighted by atomic mass is 79.9. The lowest BCUT2D eigenvalue weighted by Crippen LogP contribution is -2.49. The van der Waals surface area contributed by atoms with Crippen molar-refractivity contribution in [1.82, 2.24) is 10.3 Å². The lowest BCUT2D eigenvalue weighted by atomic mass is 9.92. The fourth-order valence-corrected chi connectivity index (χ4v) is 3.02. The molecule has 0 saturated carbocycles. The summed E-state index contributed by atoms with van der Waals surface area (Å²) in [6, 6.07) is 7.37. The van der Waals surface area contributed by atoms with Crippen molar-refractivity contribution in [2.45, 2.75) is 31.8 Å². The zero-order chi connectivity index (χ0) is 15.5. The normalized spacial score (nSPS) is 15.2. The summed E-state index contributed by atoms with van der Waals surface area (Å²) in [6.45, 7) is 3.74. The molecule has 0 radical (unpaired) electrons. The molecule has 0 fully saturated rings. The molecule has 0 aliphatic heterocycles.